The van der Waals surface area contributed by atoms with Crippen molar-refractivity contribution in [1.29, 1.82) is 0 Å². The van der Waals surface area contributed by atoms with Crippen LogP contribution in [0.25, 0.3) is 0 Å². The van der Waals surface area contributed by atoms with Crippen molar-refractivity contribution in [2.24, 2.45) is 11.8 Å². The summed E-state index contributed by atoms with van der Waals surface area (Å²) in [6, 6.07) is 6.60. The molecule has 1 fully saturated rings. The summed E-state index contributed by atoms with van der Waals surface area (Å²) in [7, 11) is 4.43. The molecule has 0 radical (unpaired) electrons. The van der Waals surface area contributed by atoms with Crippen molar-refractivity contribution in [2.45, 2.75) is 18.9 Å². The molecule has 0 aliphatic heterocycles. The van der Waals surface area contributed by atoms with E-state index in [2.05, 4.69) is 23.2 Å². The van der Waals surface area contributed by atoms with Crippen LogP contribution in [0.2, 0.25) is 0 Å². The van der Waals surface area contributed by atoms with Crippen LogP contribution in [0.1, 0.15) is 29.3 Å². The minimum absolute atomic E-state index is 0.305. The van der Waals surface area contributed by atoms with Gasteiger partial charge >= 0.3 is 0 Å². The summed E-state index contributed by atoms with van der Waals surface area (Å²) in [6.07, 6.45) is 5.05. The molecule has 1 aliphatic rings. The van der Waals surface area contributed by atoms with Gasteiger partial charge in [0.2, 0.25) is 0 Å². The number of methoxy groups -OCH3 is 1. The molecule has 7 heteroatoms. The molecule has 0 heterocycles. The van der Waals surface area contributed by atoms with Gasteiger partial charge in [-0.05, 0) is 55.5 Å². The number of likely N-dealkylation sites (N-methyl/N-ethyl adjacent to an activating group) is 2. The predicted molar refractivity (Wildman–Crippen MR) is 113 cm³/mol. The van der Waals surface area contributed by atoms with E-state index in [0.717, 1.165) is 23.5 Å². The van der Waals surface area contributed by atoms with Gasteiger partial charge in [-0.15, -0.1) is 0 Å². The number of Topliss-reactive ketones (excluding diaryl/α,β-unsaturated/α-hetero) is 1. The first kappa shape index (κ1) is 23.3. The molecule has 0 aromatic heterocycles. The number of hydrogen-bond donors (Lipinski definition) is 2. The molecule has 2 N–H and O–H groups in total. The van der Waals surface area contributed by atoms with Gasteiger partial charge in [0.1, 0.15) is 6.61 Å². The van der Waals surface area contributed by atoms with Crippen LogP contribution in [-0.2, 0) is 14.3 Å². The van der Waals surface area contributed by atoms with Crippen molar-refractivity contribution in [1.82, 2.24) is 10.2 Å². The maximum Gasteiger partial charge on any atom is 0.254 e. The highest BCUT2D eigenvalue weighted by atomic mass is 16.5. The van der Waals surface area contributed by atoms with E-state index in [1.54, 1.807) is 31.4 Å². The number of hydrogen-bond acceptors (Lipinski definition) is 5. The number of ether oxygens (including phenoxy) is 1. The van der Waals surface area contributed by atoms with E-state index >= 15 is 0 Å². The summed E-state index contributed by atoms with van der Waals surface area (Å²) < 4.78 is 5.12. The van der Waals surface area contributed by atoms with Crippen LogP contribution in [0, 0.1) is 23.7 Å². The SMILES string of the molecule is CNC(=O)[C@@](C)(C(=O)CO)N(C)C(=O)c1ccc(C#C/C=C/C2CC2COC)cc1. The van der Waals surface area contributed by atoms with Crippen LogP contribution < -0.4 is 5.32 Å². The maximum absolute atomic E-state index is 12.8. The van der Waals surface area contributed by atoms with Gasteiger partial charge in [-0.1, -0.05) is 17.9 Å². The summed E-state index contributed by atoms with van der Waals surface area (Å²) in [5.74, 6) is 5.17. The number of nitrogens with one attached hydrogen (secondary N) is 1. The summed E-state index contributed by atoms with van der Waals surface area (Å²) in [5.41, 5.74) is -0.767. The first-order valence-electron chi connectivity index (χ1n) is 9.71. The highest BCUT2D eigenvalue weighted by Crippen LogP contribution is 2.39. The second-order valence-corrected chi connectivity index (χ2v) is 7.42. The fourth-order valence-electron chi connectivity index (χ4n) is 3.17. The van der Waals surface area contributed by atoms with Gasteiger partial charge in [0.25, 0.3) is 11.8 Å². The van der Waals surface area contributed by atoms with Gasteiger partial charge in [-0.3, -0.25) is 14.4 Å². The Kier molecular flexibility index (Phi) is 7.93. The summed E-state index contributed by atoms with van der Waals surface area (Å²) in [6.45, 7) is 1.23. The standard InChI is InChI=1S/C23H28N2O5/c1-23(20(27)14-26,22(29)24-2)25(3)21(28)17-11-9-16(10-12-17)7-5-6-8-18-13-19(18)15-30-4/h6,8-12,18-19,26H,13-15H2,1-4H3,(H,24,29)/b8-6+/t18?,19?,23-/m1/s1. The number of ketones is 1. The lowest BCUT2D eigenvalue weighted by atomic mass is 9.92. The molecule has 1 saturated carbocycles. The number of amides is 2. The molecule has 2 rings (SSSR count). The fourth-order valence-corrected chi connectivity index (χ4v) is 3.17. The van der Waals surface area contributed by atoms with Crippen molar-refractivity contribution in [3.63, 3.8) is 0 Å². The molecule has 7 nitrogen and oxygen atoms in total. The van der Waals surface area contributed by atoms with Gasteiger partial charge < -0.3 is 20.1 Å². The van der Waals surface area contributed by atoms with Gasteiger partial charge in [0.15, 0.2) is 11.3 Å². The Morgan fingerprint density at radius 2 is 2.00 bits per heavy atom. The average molecular weight is 412 g/mol. The normalized spacial score (nSPS) is 19.4. The number of rotatable bonds is 8. The lowest BCUT2D eigenvalue weighted by molar-refractivity contribution is -0.143. The van der Waals surface area contributed by atoms with Crippen molar-refractivity contribution < 1.29 is 24.2 Å². The van der Waals surface area contributed by atoms with E-state index in [0.29, 0.717) is 17.4 Å². The first-order valence-corrected chi connectivity index (χ1v) is 9.71. The van der Waals surface area contributed by atoms with Crippen molar-refractivity contribution in [3.05, 3.63) is 47.5 Å². The van der Waals surface area contributed by atoms with E-state index < -0.39 is 29.7 Å². The molecule has 0 bridgehead atoms. The van der Waals surface area contributed by atoms with Crippen LogP contribution >= 0.6 is 0 Å². The third-order valence-corrected chi connectivity index (χ3v) is 5.46. The molecule has 1 aromatic rings. The topological polar surface area (TPSA) is 95.9 Å². The quantitative estimate of drug-likeness (QED) is 0.491. The minimum Gasteiger partial charge on any atom is -0.388 e. The number of allylic oxidation sites excluding steroid dienone is 2. The number of carbonyl (C=O) groups is 3. The molecule has 1 aliphatic carbocycles. The molecular weight excluding hydrogens is 384 g/mol. The Morgan fingerprint density at radius 3 is 2.57 bits per heavy atom. The van der Waals surface area contributed by atoms with Crippen LogP contribution in [0.4, 0.5) is 0 Å². The van der Waals surface area contributed by atoms with Crippen LogP contribution in [-0.4, -0.2) is 67.6 Å². The van der Waals surface area contributed by atoms with Crippen molar-refractivity contribution in [3.8, 4) is 11.8 Å². The van der Waals surface area contributed by atoms with Crippen molar-refractivity contribution in [2.75, 3.05) is 34.4 Å². The molecule has 3 atom stereocenters. The highest BCUT2D eigenvalue weighted by molar-refractivity contribution is 6.14. The number of aliphatic hydroxyl groups excluding tert-OH is 1. The molecule has 2 amide bonds. The number of benzene rings is 1. The molecular formula is C23H28N2O5. The lowest BCUT2D eigenvalue weighted by Gasteiger charge is -2.35. The minimum atomic E-state index is -1.81. The Morgan fingerprint density at radius 1 is 1.33 bits per heavy atom. The lowest BCUT2D eigenvalue weighted by Crippen LogP contribution is -2.62. The van der Waals surface area contributed by atoms with Gasteiger partial charge in [-0.25, -0.2) is 0 Å². The zero-order valence-corrected chi connectivity index (χ0v) is 17.8. The van der Waals surface area contributed by atoms with Crippen LogP contribution in [0.15, 0.2) is 36.4 Å². The second kappa shape index (κ2) is 10.2. The largest absolute Gasteiger partial charge is 0.388 e. The maximum atomic E-state index is 12.8. The molecule has 1 aromatic carbocycles. The molecule has 2 unspecified atom stereocenters. The Labute approximate surface area is 177 Å². The predicted octanol–water partition coefficient (Wildman–Crippen LogP) is 1.01. The molecule has 0 spiro atoms. The third kappa shape index (κ3) is 5.15. The Bertz CT molecular complexity index is 863. The number of carbonyl (C=O) groups excluding carboxylic acids is 3. The van der Waals surface area contributed by atoms with Crippen LogP contribution in [0.3, 0.4) is 0 Å². The van der Waals surface area contributed by atoms with Crippen LogP contribution in [0.5, 0.6) is 0 Å². The van der Waals surface area contributed by atoms with E-state index in [-0.39, 0.29) is 0 Å². The van der Waals surface area contributed by atoms with Crippen molar-refractivity contribution >= 4 is 17.6 Å². The Hall–Kier alpha value is -2.95. The Balaban J connectivity index is 2.07. The number of aliphatic hydroxyl groups is 1. The molecule has 160 valence electrons. The molecule has 0 saturated heterocycles. The zero-order chi connectivity index (χ0) is 22.3. The second-order valence-electron chi connectivity index (χ2n) is 7.42. The van der Waals surface area contributed by atoms with E-state index in [1.165, 1.54) is 21.0 Å². The summed E-state index contributed by atoms with van der Waals surface area (Å²) in [5, 5.41) is 11.6. The fraction of sp³-hybridized carbons (Fsp3) is 0.435. The number of nitrogens with zero attached hydrogens (tertiary/aromatic N) is 1. The first-order chi connectivity index (χ1) is 14.3. The van der Waals surface area contributed by atoms with Gasteiger partial charge in [-0.2, -0.15) is 0 Å². The average Bonchev–Trinajstić information content (AvgIpc) is 3.52. The monoisotopic (exact) mass is 412 g/mol. The summed E-state index contributed by atoms with van der Waals surface area (Å²) in [4.78, 5) is 38.3. The van der Waals surface area contributed by atoms with Gasteiger partial charge in [0.05, 0.1) is 0 Å². The van der Waals surface area contributed by atoms with E-state index in [1.807, 2.05) is 6.08 Å². The van der Waals surface area contributed by atoms with Gasteiger partial charge in [0, 0.05) is 38.9 Å². The smallest absolute Gasteiger partial charge is 0.254 e. The third-order valence-electron chi connectivity index (χ3n) is 5.46. The summed E-state index contributed by atoms with van der Waals surface area (Å²) >= 11 is 0. The van der Waals surface area contributed by atoms with E-state index in [4.69, 9.17) is 4.74 Å². The molecule has 30 heavy (non-hydrogen) atoms. The highest BCUT2D eigenvalue weighted by Gasteiger charge is 2.46. The zero-order valence-electron chi connectivity index (χ0n) is 17.8. The van der Waals surface area contributed by atoms with E-state index in [9.17, 15) is 19.5 Å².